The molecule has 0 bridgehead atoms. The molecule has 0 unspecified atom stereocenters. The van der Waals surface area contributed by atoms with Crippen LogP contribution in [0.15, 0.2) is 57.7 Å². The standard InChI is InChI=1S/C28H24O14/c1-10-21(35)23(37)26(41-27(38)12-3-5-15(31)17(33)7-12)28(39-10)42-25-22(36)20-18(34)8-13(29)9-19(20)40-24(25)11-2-4-14(30)16(32)6-11/h2-10,21,23,26,28-35,37H,1H3/t10-,21-,23+,26+,28-/m0/s1. The van der Waals surface area contributed by atoms with Gasteiger partial charge in [0.1, 0.15) is 34.7 Å². The number of rotatable bonds is 5. The zero-order chi connectivity index (χ0) is 30.5. The van der Waals surface area contributed by atoms with Crippen molar-refractivity contribution in [2.45, 2.75) is 37.6 Å². The highest BCUT2D eigenvalue weighted by Gasteiger charge is 2.47. The molecule has 220 valence electrons. The Morgan fingerprint density at radius 3 is 2.14 bits per heavy atom. The minimum absolute atomic E-state index is 0.0142. The minimum atomic E-state index is -1.81. The first-order valence-electron chi connectivity index (χ1n) is 12.3. The van der Waals surface area contributed by atoms with Crippen molar-refractivity contribution in [2.24, 2.45) is 0 Å². The van der Waals surface area contributed by atoms with Crippen molar-refractivity contribution in [1.29, 1.82) is 0 Å². The predicted octanol–water partition coefficient (Wildman–Crippen LogP) is 1.76. The first kappa shape index (κ1) is 28.4. The molecule has 0 radical (unpaired) electrons. The second kappa shape index (κ2) is 10.7. The third-order valence-corrected chi connectivity index (χ3v) is 6.63. The van der Waals surface area contributed by atoms with Gasteiger partial charge in [0.15, 0.2) is 34.9 Å². The van der Waals surface area contributed by atoms with Crippen LogP contribution >= 0.6 is 0 Å². The SMILES string of the molecule is C[C@@H]1O[C@@H](Oc2c(-c3ccc(O)c(O)c3)oc3cc(O)cc(O)c3c2=O)[C@H](OC(=O)c2ccc(O)c(O)c2)[C@H](O)[C@H]1O. The molecule has 8 N–H and O–H groups in total. The molecule has 1 aliphatic rings. The van der Waals surface area contributed by atoms with E-state index in [1.165, 1.54) is 13.0 Å². The molecule has 14 heteroatoms. The third-order valence-electron chi connectivity index (χ3n) is 6.63. The Balaban J connectivity index is 1.62. The van der Waals surface area contributed by atoms with Gasteiger partial charge in [-0.25, -0.2) is 4.79 Å². The molecular formula is C28H24O14. The number of hydrogen-bond acceptors (Lipinski definition) is 14. The topological polar surface area (TPSA) is 237 Å². The van der Waals surface area contributed by atoms with Crippen molar-refractivity contribution in [3.63, 3.8) is 0 Å². The summed E-state index contributed by atoms with van der Waals surface area (Å²) in [4.78, 5) is 26.5. The Morgan fingerprint density at radius 2 is 1.48 bits per heavy atom. The lowest BCUT2D eigenvalue weighted by Crippen LogP contribution is -2.60. The first-order valence-corrected chi connectivity index (χ1v) is 12.3. The number of aromatic hydroxyl groups is 6. The van der Waals surface area contributed by atoms with Crippen molar-refractivity contribution < 1.29 is 64.3 Å². The molecule has 2 heterocycles. The number of benzene rings is 3. The molecule has 1 saturated heterocycles. The van der Waals surface area contributed by atoms with Crippen LogP contribution in [0, 0.1) is 0 Å². The van der Waals surface area contributed by atoms with E-state index in [0.29, 0.717) is 0 Å². The van der Waals surface area contributed by atoms with Crippen LogP contribution in [-0.4, -0.2) is 77.5 Å². The summed E-state index contributed by atoms with van der Waals surface area (Å²) in [5.41, 5.74) is -1.54. The molecule has 5 atom stereocenters. The Labute approximate surface area is 235 Å². The molecular weight excluding hydrogens is 560 g/mol. The highest BCUT2D eigenvalue weighted by Crippen LogP contribution is 2.39. The molecule has 0 spiro atoms. The van der Waals surface area contributed by atoms with Crippen LogP contribution in [0.1, 0.15) is 17.3 Å². The molecule has 14 nitrogen and oxygen atoms in total. The molecule has 0 saturated carbocycles. The summed E-state index contributed by atoms with van der Waals surface area (Å²) in [5, 5.41) is 80.3. The van der Waals surface area contributed by atoms with Crippen molar-refractivity contribution in [3.8, 4) is 51.6 Å². The van der Waals surface area contributed by atoms with Crippen LogP contribution in [0.2, 0.25) is 0 Å². The quantitative estimate of drug-likeness (QED) is 0.123. The molecule has 5 rings (SSSR count). The van der Waals surface area contributed by atoms with Gasteiger partial charge in [-0.1, -0.05) is 0 Å². The van der Waals surface area contributed by atoms with E-state index in [0.717, 1.165) is 42.5 Å². The summed E-state index contributed by atoms with van der Waals surface area (Å²) >= 11 is 0. The fourth-order valence-electron chi connectivity index (χ4n) is 4.41. The van der Waals surface area contributed by atoms with Gasteiger partial charge < -0.3 is 59.5 Å². The summed E-state index contributed by atoms with van der Waals surface area (Å²) in [6, 6.07) is 8.35. The zero-order valence-electron chi connectivity index (χ0n) is 21.5. The Kier molecular flexibility index (Phi) is 7.20. The van der Waals surface area contributed by atoms with Gasteiger partial charge in [0.2, 0.25) is 17.5 Å². The van der Waals surface area contributed by atoms with E-state index >= 15 is 0 Å². The second-order valence-electron chi connectivity index (χ2n) is 9.51. The maximum atomic E-state index is 13.7. The molecule has 0 amide bonds. The molecule has 1 aliphatic heterocycles. The van der Waals surface area contributed by atoms with Gasteiger partial charge in [0.05, 0.1) is 11.7 Å². The van der Waals surface area contributed by atoms with E-state index in [4.69, 9.17) is 18.6 Å². The lowest BCUT2D eigenvalue weighted by atomic mass is 9.99. The number of carbonyl (C=O) groups excluding carboxylic acids is 1. The number of phenolic OH excluding ortho intramolecular Hbond substituents is 6. The predicted molar refractivity (Wildman–Crippen MR) is 141 cm³/mol. The maximum Gasteiger partial charge on any atom is 0.338 e. The lowest BCUT2D eigenvalue weighted by Gasteiger charge is -2.40. The number of fused-ring (bicyclic) bond motifs is 1. The molecule has 1 aromatic heterocycles. The second-order valence-corrected chi connectivity index (χ2v) is 9.51. The van der Waals surface area contributed by atoms with Gasteiger partial charge in [-0.05, 0) is 43.3 Å². The van der Waals surface area contributed by atoms with Gasteiger partial charge in [0, 0.05) is 17.7 Å². The van der Waals surface area contributed by atoms with Crippen molar-refractivity contribution in [3.05, 3.63) is 64.3 Å². The number of carbonyl (C=O) groups is 1. The largest absolute Gasteiger partial charge is 0.508 e. The van der Waals surface area contributed by atoms with Gasteiger partial charge in [-0.2, -0.15) is 0 Å². The monoisotopic (exact) mass is 584 g/mol. The molecule has 3 aromatic carbocycles. The van der Waals surface area contributed by atoms with Crippen molar-refractivity contribution in [2.75, 3.05) is 0 Å². The Hall–Kier alpha value is -5.18. The van der Waals surface area contributed by atoms with E-state index in [1.807, 2.05) is 0 Å². The van der Waals surface area contributed by atoms with Gasteiger partial charge >= 0.3 is 5.97 Å². The Bertz CT molecular complexity index is 1750. The average molecular weight is 584 g/mol. The summed E-state index contributed by atoms with van der Waals surface area (Å²) in [6.07, 6.45) is -8.07. The van der Waals surface area contributed by atoms with E-state index in [1.54, 1.807) is 0 Å². The number of aliphatic hydroxyl groups is 2. The normalized spacial score (nSPS) is 22.1. The summed E-state index contributed by atoms with van der Waals surface area (Å²) in [7, 11) is 0. The summed E-state index contributed by atoms with van der Waals surface area (Å²) in [5.74, 6) is -5.50. The fourth-order valence-corrected chi connectivity index (χ4v) is 4.41. The Morgan fingerprint density at radius 1 is 0.810 bits per heavy atom. The number of phenols is 6. The molecule has 1 fully saturated rings. The summed E-state index contributed by atoms with van der Waals surface area (Å²) < 4.78 is 22.6. The fraction of sp³-hybridized carbons (Fsp3) is 0.214. The van der Waals surface area contributed by atoms with Gasteiger partial charge in [-0.3, -0.25) is 4.79 Å². The van der Waals surface area contributed by atoms with E-state index in [2.05, 4.69) is 0 Å². The van der Waals surface area contributed by atoms with Crippen molar-refractivity contribution >= 4 is 16.9 Å². The van der Waals surface area contributed by atoms with Crippen molar-refractivity contribution in [1.82, 2.24) is 0 Å². The third kappa shape index (κ3) is 5.05. The number of hydrogen-bond donors (Lipinski definition) is 8. The highest BCUT2D eigenvalue weighted by molar-refractivity contribution is 5.90. The van der Waals surface area contributed by atoms with Crippen LogP contribution in [-0.2, 0) is 9.47 Å². The summed E-state index contributed by atoms with van der Waals surface area (Å²) in [6.45, 7) is 1.37. The minimum Gasteiger partial charge on any atom is -0.508 e. The van der Waals surface area contributed by atoms with Crippen LogP contribution in [0.3, 0.4) is 0 Å². The number of esters is 1. The number of aliphatic hydroxyl groups excluding tert-OH is 2. The van der Waals surface area contributed by atoms with Gasteiger partial charge in [-0.15, -0.1) is 0 Å². The molecule has 4 aromatic rings. The highest BCUT2D eigenvalue weighted by atomic mass is 16.7. The van der Waals surface area contributed by atoms with E-state index in [-0.39, 0.29) is 22.5 Å². The first-order chi connectivity index (χ1) is 19.8. The smallest absolute Gasteiger partial charge is 0.338 e. The molecule has 42 heavy (non-hydrogen) atoms. The van der Waals surface area contributed by atoms with Crippen LogP contribution in [0.4, 0.5) is 0 Å². The van der Waals surface area contributed by atoms with Crippen LogP contribution < -0.4 is 10.2 Å². The van der Waals surface area contributed by atoms with E-state index in [9.17, 15) is 50.4 Å². The number of ether oxygens (including phenoxy) is 3. The average Bonchev–Trinajstić information content (AvgIpc) is 2.93. The van der Waals surface area contributed by atoms with E-state index < -0.39 is 87.7 Å². The van der Waals surface area contributed by atoms with Gasteiger partial charge in [0.25, 0.3) is 0 Å². The van der Waals surface area contributed by atoms with Crippen LogP contribution in [0.25, 0.3) is 22.3 Å². The van der Waals surface area contributed by atoms with Crippen LogP contribution in [0.5, 0.6) is 40.2 Å². The lowest BCUT2D eigenvalue weighted by molar-refractivity contribution is -0.267. The maximum absolute atomic E-state index is 13.7. The zero-order valence-corrected chi connectivity index (χ0v) is 21.5. The molecule has 0 aliphatic carbocycles.